The predicted molar refractivity (Wildman–Crippen MR) is 75.2 cm³/mol. The van der Waals surface area contributed by atoms with Gasteiger partial charge < -0.3 is 14.2 Å². The minimum absolute atomic E-state index is 0.0120. The van der Waals surface area contributed by atoms with Crippen LogP contribution in [-0.4, -0.2) is 37.3 Å². The molecule has 0 bridgehead atoms. The first-order valence-corrected chi connectivity index (χ1v) is 6.28. The number of nitro groups is 1. The lowest BCUT2D eigenvalue weighted by Crippen LogP contribution is -2.13. The highest BCUT2D eigenvalue weighted by Crippen LogP contribution is 2.16. The van der Waals surface area contributed by atoms with Crippen LogP contribution in [0.1, 0.15) is 6.92 Å². The smallest absolute Gasteiger partial charge is 0.333 e. The molecule has 0 aliphatic carbocycles. The zero-order valence-electron chi connectivity index (χ0n) is 11.7. The number of carbonyl (C=O) groups excluding carboxylic acids is 1. The summed E-state index contributed by atoms with van der Waals surface area (Å²) in [5.74, 6) is 0.0821. The van der Waals surface area contributed by atoms with Crippen molar-refractivity contribution in [3.05, 3.63) is 46.5 Å². The lowest BCUT2D eigenvalue weighted by Gasteiger charge is -2.07. The molecule has 0 atom stereocenters. The maximum atomic E-state index is 11.0. The molecule has 0 saturated carbocycles. The molecular formula is C14H17NO6. The average Bonchev–Trinajstić information content (AvgIpc) is 2.46. The fourth-order valence-corrected chi connectivity index (χ4v) is 1.30. The van der Waals surface area contributed by atoms with Crippen molar-refractivity contribution in [2.75, 3.05) is 26.4 Å². The number of esters is 1. The van der Waals surface area contributed by atoms with Gasteiger partial charge in [-0.3, -0.25) is 10.1 Å². The summed E-state index contributed by atoms with van der Waals surface area (Å²) in [5.41, 5.74) is 0.356. The zero-order valence-corrected chi connectivity index (χ0v) is 11.7. The van der Waals surface area contributed by atoms with Crippen LogP contribution < -0.4 is 4.74 Å². The van der Waals surface area contributed by atoms with Gasteiger partial charge in [0.1, 0.15) is 19.0 Å². The molecular weight excluding hydrogens is 278 g/mol. The van der Waals surface area contributed by atoms with Gasteiger partial charge in [-0.05, 0) is 19.1 Å². The minimum atomic E-state index is -0.473. The molecule has 7 heteroatoms. The highest BCUT2D eigenvalue weighted by Gasteiger charge is 2.04. The maximum Gasteiger partial charge on any atom is 0.333 e. The van der Waals surface area contributed by atoms with Crippen molar-refractivity contribution in [1.82, 2.24) is 0 Å². The summed E-state index contributed by atoms with van der Waals surface area (Å²) in [6.07, 6.45) is 0. The Balaban J connectivity index is 2.10. The number of hydrogen-bond acceptors (Lipinski definition) is 6. The van der Waals surface area contributed by atoms with Crippen LogP contribution in [0.2, 0.25) is 0 Å². The molecule has 0 saturated heterocycles. The molecule has 1 rings (SSSR count). The molecule has 0 spiro atoms. The van der Waals surface area contributed by atoms with Gasteiger partial charge in [-0.25, -0.2) is 4.79 Å². The number of non-ortho nitro benzene ring substituents is 1. The van der Waals surface area contributed by atoms with E-state index in [0.717, 1.165) is 0 Å². The van der Waals surface area contributed by atoms with E-state index in [4.69, 9.17) is 14.2 Å². The van der Waals surface area contributed by atoms with Crippen LogP contribution >= 0.6 is 0 Å². The molecule has 0 aliphatic rings. The highest BCUT2D eigenvalue weighted by atomic mass is 16.6. The SMILES string of the molecule is C=C(C)C(=O)OCCOCCOc1ccc([N+](=O)[O-])cc1. The molecule has 0 radical (unpaired) electrons. The summed E-state index contributed by atoms with van der Waals surface area (Å²) < 4.78 is 15.4. The Morgan fingerprint density at radius 2 is 1.81 bits per heavy atom. The van der Waals surface area contributed by atoms with E-state index in [1.807, 2.05) is 0 Å². The van der Waals surface area contributed by atoms with E-state index in [1.54, 1.807) is 6.92 Å². The largest absolute Gasteiger partial charge is 0.491 e. The Labute approximate surface area is 122 Å². The van der Waals surface area contributed by atoms with E-state index < -0.39 is 10.9 Å². The zero-order chi connectivity index (χ0) is 15.7. The molecule has 7 nitrogen and oxygen atoms in total. The second kappa shape index (κ2) is 8.70. The first-order valence-electron chi connectivity index (χ1n) is 6.28. The van der Waals surface area contributed by atoms with E-state index in [1.165, 1.54) is 24.3 Å². The van der Waals surface area contributed by atoms with Gasteiger partial charge >= 0.3 is 5.97 Å². The summed E-state index contributed by atoms with van der Waals surface area (Å²) in [4.78, 5) is 21.0. The summed E-state index contributed by atoms with van der Waals surface area (Å²) >= 11 is 0. The molecule has 1 aromatic carbocycles. The number of ether oxygens (including phenoxy) is 3. The molecule has 0 unspecified atom stereocenters. The normalized spacial score (nSPS) is 9.95. The number of rotatable bonds is 9. The van der Waals surface area contributed by atoms with Gasteiger partial charge in [0.2, 0.25) is 0 Å². The van der Waals surface area contributed by atoms with Crippen molar-refractivity contribution in [2.45, 2.75) is 6.92 Å². The van der Waals surface area contributed by atoms with E-state index in [9.17, 15) is 14.9 Å². The first kappa shape index (κ1) is 16.6. The van der Waals surface area contributed by atoms with Crippen LogP contribution in [0.4, 0.5) is 5.69 Å². The van der Waals surface area contributed by atoms with E-state index in [0.29, 0.717) is 24.5 Å². The molecule has 1 aromatic rings. The molecule has 0 heterocycles. The van der Waals surface area contributed by atoms with Crippen LogP contribution in [0.15, 0.2) is 36.4 Å². The van der Waals surface area contributed by atoms with Crippen LogP contribution in [0.3, 0.4) is 0 Å². The summed E-state index contributed by atoms with van der Waals surface area (Å²) in [6.45, 7) is 6.07. The first-order chi connectivity index (χ1) is 10.0. The molecule has 0 amide bonds. The van der Waals surface area contributed by atoms with E-state index in [-0.39, 0.29) is 18.9 Å². The van der Waals surface area contributed by atoms with Crippen molar-refractivity contribution in [1.29, 1.82) is 0 Å². The van der Waals surface area contributed by atoms with Crippen molar-refractivity contribution in [3.63, 3.8) is 0 Å². The summed E-state index contributed by atoms with van der Waals surface area (Å²) in [7, 11) is 0. The third-order valence-electron chi connectivity index (χ3n) is 2.35. The highest BCUT2D eigenvalue weighted by molar-refractivity contribution is 5.86. The number of nitrogens with zero attached hydrogens (tertiary/aromatic N) is 1. The van der Waals surface area contributed by atoms with Crippen LogP contribution in [0, 0.1) is 10.1 Å². The van der Waals surface area contributed by atoms with Gasteiger partial charge in [0.05, 0.1) is 18.1 Å². The maximum absolute atomic E-state index is 11.0. The van der Waals surface area contributed by atoms with Gasteiger partial charge in [-0.15, -0.1) is 0 Å². The van der Waals surface area contributed by atoms with Crippen molar-refractivity contribution < 1.29 is 23.9 Å². The number of carbonyl (C=O) groups is 1. The third kappa shape index (κ3) is 6.53. The Bertz CT molecular complexity index is 497. The molecule has 21 heavy (non-hydrogen) atoms. The third-order valence-corrected chi connectivity index (χ3v) is 2.35. The number of hydrogen-bond donors (Lipinski definition) is 0. The van der Waals surface area contributed by atoms with Crippen molar-refractivity contribution in [2.24, 2.45) is 0 Å². The van der Waals surface area contributed by atoms with Crippen LogP contribution in [0.25, 0.3) is 0 Å². The van der Waals surface area contributed by atoms with Gasteiger partial charge in [0.15, 0.2) is 0 Å². The topological polar surface area (TPSA) is 87.9 Å². The van der Waals surface area contributed by atoms with Gasteiger partial charge in [-0.2, -0.15) is 0 Å². The molecule has 0 aliphatic heterocycles. The average molecular weight is 295 g/mol. The van der Waals surface area contributed by atoms with Gasteiger partial charge in [0.25, 0.3) is 5.69 Å². The fraction of sp³-hybridized carbons (Fsp3) is 0.357. The quantitative estimate of drug-likeness (QED) is 0.228. The summed E-state index contributed by atoms with van der Waals surface area (Å²) in [5, 5.41) is 10.5. The molecule has 114 valence electrons. The van der Waals surface area contributed by atoms with Crippen LogP contribution in [-0.2, 0) is 14.3 Å². The second-order valence-corrected chi connectivity index (χ2v) is 4.13. The second-order valence-electron chi connectivity index (χ2n) is 4.13. The molecule has 0 fully saturated rings. The van der Waals surface area contributed by atoms with Crippen molar-refractivity contribution in [3.8, 4) is 5.75 Å². The van der Waals surface area contributed by atoms with E-state index in [2.05, 4.69) is 6.58 Å². The van der Waals surface area contributed by atoms with Gasteiger partial charge in [-0.1, -0.05) is 6.58 Å². The van der Waals surface area contributed by atoms with Gasteiger partial charge in [0, 0.05) is 17.7 Å². The standard InChI is InChI=1S/C14H17NO6/c1-11(2)14(16)21-10-8-19-7-9-20-13-5-3-12(4-6-13)15(17)18/h3-6H,1,7-10H2,2H3. The van der Waals surface area contributed by atoms with Crippen molar-refractivity contribution >= 4 is 11.7 Å². The molecule has 0 aromatic heterocycles. The van der Waals surface area contributed by atoms with Crippen LogP contribution in [0.5, 0.6) is 5.75 Å². The Kier molecular flexibility index (Phi) is 6.90. The molecule has 0 N–H and O–H groups in total. The minimum Gasteiger partial charge on any atom is -0.491 e. The lowest BCUT2D eigenvalue weighted by molar-refractivity contribution is -0.384. The Morgan fingerprint density at radius 3 is 2.38 bits per heavy atom. The predicted octanol–water partition coefficient (Wildman–Crippen LogP) is 2.11. The monoisotopic (exact) mass is 295 g/mol. The fourth-order valence-electron chi connectivity index (χ4n) is 1.30. The summed E-state index contributed by atoms with van der Waals surface area (Å²) in [6, 6.07) is 5.78. The number of benzene rings is 1. The van der Waals surface area contributed by atoms with E-state index >= 15 is 0 Å². The number of nitro benzene ring substituents is 1. The Morgan fingerprint density at radius 1 is 1.19 bits per heavy atom. The Hall–Kier alpha value is -2.41. The lowest BCUT2D eigenvalue weighted by atomic mass is 10.3.